The fourth-order valence-corrected chi connectivity index (χ4v) is 0.719. The lowest BCUT2D eigenvalue weighted by molar-refractivity contribution is 0.603. The monoisotopic (exact) mass is 100 g/mol. The van der Waals surface area contributed by atoms with Crippen LogP contribution >= 0.6 is 0 Å². The Morgan fingerprint density at radius 3 is 1.29 bits per heavy atom. The molecule has 2 atom stereocenters. The second-order valence-corrected chi connectivity index (χ2v) is 3.01. The average molecular weight is 100 g/mol. The molecule has 0 bridgehead atoms. The summed E-state index contributed by atoms with van der Waals surface area (Å²) in [7, 11) is 0. The van der Waals surface area contributed by atoms with Crippen LogP contribution in [0, 0.1) is 0 Å². The van der Waals surface area contributed by atoms with E-state index in [2.05, 4.69) is 0 Å². The maximum atomic E-state index is 5.62. The van der Waals surface area contributed by atoms with Crippen LogP contribution in [-0.4, -0.2) is 11.1 Å². The van der Waals surface area contributed by atoms with E-state index in [1.807, 2.05) is 13.8 Å². The van der Waals surface area contributed by atoms with Crippen molar-refractivity contribution >= 4 is 0 Å². The summed E-state index contributed by atoms with van der Waals surface area (Å²) in [5.41, 5.74) is 11.1. The molecule has 0 aromatic rings. The Bertz CT molecular complexity index is 82.3. The standard InChI is InChI=1S/C5H12N2/c1-4(6)3-5(4,2)7/h3,6-7H2,1-2H3/t4-,5-/m1/s1. The highest BCUT2D eigenvalue weighted by Crippen LogP contribution is 2.41. The molecule has 0 spiro atoms. The molecule has 0 amide bonds. The summed E-state index contributed by atoms with van der Waals surface area (Å²) < 4.78 is 0. The van der Waals surface area contributed by atoms with E-state index in [9.17, 15) is 0 Å². The first-order valence-corrected chi connectivity index (χ1v) is 2.53. The van der Waals surface area contributed by atoms with E-state index in [-0.39, 0.29) is 11.1 Å². The van der Waals surface area contributed by atoms with E-state index in [1.165, 1.54) is 0 Å². The highest BCUT2D eigenvalue weighted by molar-refractivity contribution is 5.19. The minimum Gasteiger partial charge on any atom is -0.324 e. The van der Waals surface area contributed by atoms with E-state index in [1.54, 1.807) is 0 Å². The maximum absolute atomic E-state index is 5.62. The molecule has 0 aliphatic heterocycles. The van der Waals surface area contributed by atoms with Gasteiger partial charge in [-0.2, -0.15) is 0 Å². The first-order valence-electron chi connectivity index (χ1n) is 2.53. The minimum atomic E-state index is -0.0764. The predicted octanol–water partition coefficient (Wildman–Crippen LogP) is -0.175. The topological polar surface area (TPSA) is 52.0 Å². The van der Waals surface area contributed by atoms with E-state index in [0.717, 1.165) is 6.42 Å². The summed E-state index contributed by atoms with van der Waals surface area (Å²) >= 11 is 0. The minimum absolute atomic E-state index is 0.0764. The van der Waals surface area contributed by atoms with Crippen LogP contribution in [0.4, 0.5) is 0 Å². The fraction of sp³-hybridized carbons (Fsp3) is 1.00. The summed E-state index contributed by atoms with van der Waals surface area (Å²) in [5, 5.41) is 0. The molecule has 0 aromatic heterocycles. The molecule has 1 fully saturated rings. The lowest BCUT2D eigenvalue weighted by Crippen LogP contribution is -2.35. The van der Waals surface area contributed by atoms with Crippen molar-refractivity contribution in [1.29, 1.82) is 0 Å². The molecule has 2 nitrogen and oxygen atoms in total. The molecule has 0 radical (unpaired) electrons. The van der Waals surface area contributed by atoms with E-state index in [0.29, 0.717) is 0 Å². The molecule has 0 saturated heterocycles. The molecule has 42 valence electrons. The smallest absolute Gasteiger partial charge is 0.0324 e. The van der Waals surface area contributed by atoms with Crippen molar-refractivity contribution in [2.75, 3.05) is 0 Å². The summed E-state index contributed by atoms with van der Waals surface area (Å²) in [5.74, 6) is 0. The summed E-state index contributed by atoms with van der Waals surface area (Å²) in [4.78, 5) is 0. The number of nitrogens with two attached hydrogens (primary N) is 2. The summed E-state index contributed by atoms with van der Waals surface area (Å²) in [6.07, 6.45) is 0.958. The summed E-state index contributed by atoms with van der Waals surface area (Å²) in [6, 6.07) is 0. The average Bonchev–Trinajstić information content (AvgIpc) is 1.63. The van der Waals surface area contributed by atoms with Crippen LogP contribution in [0.25, 0.3) is 0 Å². The van der Waals surface area contributed by atoms with Crippen LogP contribution in [0.3, 0.4) is 0 Å². The van der Waals surface area contributed by atoms with Gasteiger partial charge in [0.15, 0.2) is 0 Å². The van der Waals surface area contributed by atoms with E-state index >= 15 is 0 Å². The molecule has 1 rings (SSSR count). The van der Waals surface area contributed by atoms with Crippen molar-refractivity contribution in [1.82, 2.24) is 0 Å². The fourth-order valence-electron chi connectivity index (χ4n) is 0.719. The van der Waals surface area contributed by atoms with Gasteiger partial charge in [0, 0.05) is 11.1 Å². The predicted molar refractivity (Wildman–Crippen MR) is 29.8 cm³/mol. The zero-order valence-electron chi connectivity index (χ0n) is 4.86. The van der Waals surface area contributed by atoms with Gasteiger partial charge < -0.3 is 11.5 Å². The maximum Gasteiger partial charge on any atom is 0.0324 e. The van der Waals surface area contributed by atoms with Gasteiger partial charge in [0.05, 0.1) is 0 Å². The third-order valence-corrected chi connectivity index (χ3v) is 1.91. The molecule has 1 aliphatic carbocycles. The van der Waals surface area contributed by atoms with Gasteiger partial charge in [0.1, 0.15) is 0 Å². The normalized spacial score (nSPS) is 60.0. The van der Waals surface area contributed by atoms with Crippen molar-refractivity contribution in [3.05, 3.63) is 0 Å². The van der Waals surface area contributed by atoms with E-state index < -0.39 is 0 Å². The second kappa shape index (κ2) is 0.858. The van der Waals surface area contributed by atoms with Gasteiger partial charge in [-0.1, -0.05) is 0 Å². The molecule has 1 aliphatic rings. The highest BCUT2D eigenvalue weighted by Gasteiger charge is 2.55. The lowest BCUT2D eigenvalue weighted by atomic mass is 10.2. The van der Waals surface area contributed by atoms with Gasteiger partial charge in [-0.05, 0) is 20.3 Å². The quantitative estimate of drug-likeness (QED) is 0.444. The van der Waals surface area contributed by atoms with Gasteiger partial charge in [-0.25, -0.2) is 0 Å². The Balaban J connectivity index is 2.59. The Hall–Kier alpha value is -0.0800. The number of rotatable bonds is 0. The van der Waals surface area contributed by atoms with Crippen LogP contribution < -0.4 is 11.5 Å². The first-order chi connectivity index (χ1) is 2.96. The largest absolute Gasteiger partial charge is 0.324 e. The second-order valence-electron chi connectivity index (χ2n) is 3.01. The SMILES string of the molecule is C[C@@]1(N)C[C@@]1(C)N. The van der Waals surface area contributed by atoms with Crippen LogP contribution in [0.2, 0.25) is 0 Å². The zero-order chi connectivity index (χ0) is 5.71. The number of hydrogen-bond acceptors (Lipinski definition) is 2. The summed E-state index contributed by atoms with van der Waals surface area (Å²) in [6.45, 7) is 3.96. The molecular formula is C5H12N2. The van der Waals surface area contributed by atoms with Crippen molar-refractivity contribution in [2.24, 2.45) is 11.5 Å². The molecule has 4 N–H and O–H groups in total. The van der Waals surface area contributed by atoms with Crippen molar-refractivity contribution in [3.8, 4) is 0 Å². The van der Waals surface area contributed by atoms with Gasteiger partial charge in [-0.15, -0.1) is 0 Å². The number of hydrogen-bond donors (Lipinski definition) is 2. The van der Waals surface area contributed by atoms with Gasteiger partial charge in [-0.3, -0.25) is 0 Å². The van der Waals surface area contributed by atoms with Crippen molar-refractivity contribution in [2.45, 2.75) is 31.3 Å². The molecule has 7 heavy (non-hydrogen) atoms. The van der Waals surface area contributed by atoms with Crippen LogP contribution in [0.5, 0.6) is 0 Å². The van der Waals surface area contributed by atoms with Gasteiger partial charge in [0.2, 0.25) is 0 Å². The van der Waals surface area contributed by atoms with E-state index in [4.69, 9.17) is 11.5 Å². The molecule has 1 saturated carbocycles. The Kier molecular flexibility index (Phi) is 0.621. The molecule has 0 aromatic carbocycles. The van der Waals surface area contributed by atoms with Crippen LogP contribution in [0.1, 0.15) is 20.3 Å². The molecular weight excluding hydrogens is 88.1 g/mol. The Labute approximate surface area is 43.9 Å². The highest BCUT2D eigenvalue weighted by atomic mass is 15.0. The zero-order valence-corrected chi connectivity index (χ0v) is 4.86. The molecule has 0 unspecified atom stereocenters. The van der Waals surface area contributed by atoms with Crippen LogP contribution in [-0.2, 0) is 0 Å². The van der Waals surface area contributed by atoms with Gasteiger partial charge >= 0.3 is 0 Å². The first kappa shape index (κ1) is 5.06. The molecule has 2 heteroatoms. The molecule has 0 heterocycles. The Morgan fingerprint density at radius 1 is 1.14 bits per heavy atom. The third kappa shape index (κ3) is 0.545. The van der Waals surface area contributed by atoms with Crippen molar-refractivity contribution in [3.63, 3.8) is 0 Å². The Morgan fingerprint density at radius 2 is 1.29 bits per heavy atom. The third-order valence-electron chi connectivity index (χ3n) is 1.91. The van der Waals surface area contributed by atoms with Crippen molar-refractivity contribution < 1.29 is 0 Å². The lowest BCUT2D eigenvalue weighted by Gasteiger charge is -2.05. The van der Waals surface area contributed by atoms with Crippen LogP contribution in [0.15, 0.2) is 0 Å². The van der Waals surface area contributed by atoms with Gasteiger partial charge in [0.25, 0.3) is 0 Å².